The van der Waals surface area contributed by atoms with Crippen molar-refractivity contribution in [1.82, 2.24) is 4.90 Å². The SMILES string of the molecule is CC1CCCCN1C(=O)c1ccc(C=CC(=O)O)c(F)c1. The van der Waals surface area contributed by atoms with Gasteiger partial charge in [0.1, 0.15) is 5.82 Å². The minimum Gasteiger partial charge on any atom is -0.478 e. The summed E-state index contributed by atoms with van der Waals surface area (Å²) in [7, 11) is 0. The molecule has 112 valence electrons. The van der Waals surface area contributed by atoms with Gasteiger partial charge in [-0.25, -0.2) is 9.18 Å². The van der Waals surface area contributed by atoms with Crippen LogP contribution in [-0.2, 0) is 4.79 Å². The van der Waals surface area contributed by atoms with Crippen molar-refractivity contribution in [3.05, 3.63) is 41.2 Å². The van der Waals surface area contributed by atoms with Gasteiger partial charge in [0.25, 0.3) is 5.91 Å². The number of hydrogen-bond donors (Lipinski definition) is 1. The minimum atomic E-state index is -1.14. The molecule has 1 N–H and O–H groups in total. The Bertz CT molecular complexity index is 583. The van der Waals surface area contributed by atoms with E-state index in [1.54, 1.807) is 4.90 Å². The van der Waals surface area contributed by atoms with E-state index in [4.69, 9.17) is 5.11 Å². The van der Waals surface area contributed by atoms with Gasteiger partial charge in [0.15, 0.2) is 0 Å². The average molecular weight is 291 g/mol. The van der Waals surface area contributed by atoms with Crippen molar-refractivity contribution in [3.63, 3.8) is 0 Å². The molecule has 1 amide bonds. The average Bonchev–Trinajstić information content (AvgIpc) is 2.45. The molecule has 1 aliphatic rings. The molecule has 1 aliphatic heterocycles. The highest BCUT2D eigenvalue weighted by molar-refractivity contribution is 5.95. The van der Waals surface area contributed by atoms with Gasteiger partial charge >= 0.3 is 5.97 Å². The quantitative estimate of drug-likeness (QED) is 0.871. The number of carboxylic acids is 1. The Morgan fingerprint density at radius 3 is 2.76 bits per heavy atom. The number of rotatable bonds is 3. The van der Waals surface area contributed by atoms with Crippen molar-refractivity contribution in [2.24, 2.45) is 0 Å². The van der Waals surface area contributed by atoms with E-state index in [0.717, 1.165) is 25.3 Å². The molecule has 0 saturated carbocycles. The van der Waals surface area contributed by atoms with Crippen molar-refractivity contribution < 1.29 is 19.1 Å². The Labute approximate surface area is 122 Å². The van der Waals surface area contributed by atoms with Gasteiger partial charge in [-0.15, -0.1) is 0 Å². The summed E-state index contributed by atoms with van der Waals surface area (Å²) in [5.74, 6) is -1.91. The molecule has 1 atom stereocenters. The summed E-state index contributed by atoms with van der Waals surface area (Å²) in [5, 5.41) is 8.54. The van der Waals surface area contributed by atoms with Crippen LogP contribution in [0.4, 0.5) is 4.39 Å². The number of nitrogens with zero attached hydrogens (tertiary/aromatic N) is 1. The second-order valence-electron chi connectivity index (χ2n) is 5.25. The normalized spacial score (nSPS) is 19.0. The lowest BCUT2D eigenvalue weighted by Crippen LogP contribution is -2.42. The molecule has 1 saturated heterocycles. The van der Waals surface area contributed by atoms with Crippen molar-refractivity contribution in [2.75, 3.05) is 6.54 Å². The fourth-order valence-electron chi connectivity index (χ4n) is 2.52. The predicted molar refractivity (Wildman–Crippen MR) is 77.4 cm³/mol. The molecular formula is C16H18FNO3. The van der Waals surface area contributed by atoms with Crippen LogP contribution in [0.5, 0.6) is 0 Å². The summed E-state index contributed by atoms with van der Waals surface area (Å²) >= 11 is 0. The molecule has 1 unspecified atom stereocenters. The molecule has 0 bridgehead atoms. The first kappa shape index (κ1) is 15.2. The van der Waals surface area contributed by atoms with Gasteiger partial charge in [0.05, 0.1) is 0 Å². The van der Waals surface area contributed by atoms with Gasteiger partial charge in [0, 0.05) is 29.8 Å². The molecule has 1 heterocycles. The third-order valence-corrected chi connectivity index (χ3v) is 3.72. The molecule has 2 rings (SSSR count). The zero-order valence-corrected chi connectivity index (χ0v) is 11.9. The van der Waals surface area contributed by atoms with Crippen molar-refractivity contribution >= 4 is 18.0 Å². The molecule has 0 aliphatic carbocycles. The molecule has 1 fully saturated rings. The highest BCUT2D eigenvalue weighted by atomic mass is 19.1. The topological polar surface area (TPSA) is 57.6 Å². The van der Waals surface area contributed by atoms with Crippen LogP contribution < -0.4 is 0 Å². The summed E-state index contributed by atoms with van der Waals surface area (Å²) in [5.41, 5.74) is 0.453. The summed E-state index contributed by atoms with van der Waals surface area (Å²) in [6, 6.07) is 4.30. The Morgan fingerprint density at radius 1 is 1.38 bits per heavy atom. The lowest BCUT2D eigenvalue weighted by Gasteiger charge is -2.33. The van der Waals surface area contributed by atoms with Crippen LogP contribution in [0, 0.1) is 5.82 Å². The van der Waals surface area contributed by atoms with E-state index in [1.165, 1.54) is 24.3 Å². The number of piperidine rings is 1. The molecule has 4 nitrogen and oxygen atoms in total. The third kappa shape index (κ3) is 3.68. The van der Waals surface area contributed by atoms with Gasteiger partial charge in [0.2, 0.25) is 0 Å². The lowest BCUT2D eigenvalue weighted by atomic mass is 10.0. The molecule has 21 heavy (non-hydrogen) atoms. The van der Waals surface area contributed by atoms with Crippen LogP contribution in [0.1, 0.15) is 42.1 Å². The second-order valence-corrected chi connectivity index (χ2v) is 5.25. The number of carboxylic acid groups (broad SMARTS) is 1. The predicted octanol–water partition coefficient (Wildman–Crippen LogP) is 2.94. The summed E-state index contributed by atoms with van der Waals surface area (Å²) in [4.78, 5) is 24.6. The first-order valence-electron chi connectivity index (χ1n) is 7.00. The van der Waals surface area contributed by atoms with Gasteiger partial charge in [-0.3, -0.25) is 4.79 Å². The summed E-state index contributed by atoms with van der Waals surface area (Å²) < 4.78 is 13.9. The summed E-state index contributed by atoms with van der Waals surface area (Å²) in [6.07, 6.45) is 5.09. The largest absolute Gasteiger partial charge is 0.478 e. The van der Waals surface area contributed by atoms with E-state index in [1.807, 2.05) is 6.92 Å². The van der Waals surface area contributed by atoms with E-state index in [9.17, 15) is 14.0 Å². The monoisotopic (exact) mass is 291 g/mol. The number of hydrogen-bond acceptors (Lipinski definition) is 2. The van der Waals surface area contributed by atoms with E-state index in [0.29, 0.717) is 12.1 Å². The maximum atomic E-state index is 13.9. The number of aliphatic carboxylic acids is 1. The van der Waals surface area contributed by atoms with E-state index in [2.05, 4.69) is 0 Å². The lowest BCUT2D eigenvalue weighted by molar-refractivity contribution is -0.131. The minimum absolute atomic E-state index is 0.153. The van der Waals surface area contributed by atoms with Gasteiger partial charge in [-0.1, -0.05) is 6.07 Å². The fraction of sp³-hybridized carbons (Fsp3) is 0.375. The number of likely N-dealkylation sites (tertiary alicyclic amines) is 1. The number of amides is 1. The highest BCUT2D eigenvalue weighted by Crippen LogP contribution is 2.20. The van der Waals surface area contributed by atoms with E-state index < -0.39 is 11.8 Å². The van der Waals surface area contributed by atoms with Gasteiger partial charge in [-0.05, 0) is 44.4 Å². The molecule has 1 aromatic rings. The van der Waals surface area contributed by atoms with Crippen molar-refractivity contribution in [3.8, 4) is 0 Å². The van der Waals surface area contributed by atoms with Gasteiger partial charge in [-0.2, -0.15) is 0 Å². The molecule has 0 radical (unpaired) electrons. The number of halogens is 1. The second kappa shape index (κ2) is 6.52. The van der Waals surface area contributed by atoms with Crippen LogP contribution >= 0.6 is 0 Å². The molecule has 0 aromatic heterocycles. The number of carbonyl (C=O) groups excluding carboxylic acids is 1. The Kier molecular flexibility index (Phi) is 4.73. The number of benzene rings is 1. The molecule has 5 heteroatoms. The fourth-order valence-corrected chi connectivity index (χ4v) is 2.52. The maximum absolute atomic E-state index is 13.9. The van der Waals surface area contributed by atoms with Crippen LogP contribution in [0.15, 0.2) is 24.3 Å². The Hall–Kier alpha value is -2.17. The Balaban J connectivity index is 2.19. The van der Waals surface area contributed by atoms with Crippen LogP contribution in [0.3, 0.4) is 0 Å². The van der Waals surface area contributed by atoms with Crippen LogP contribution in [-0.4, -0.2) is 34.5 Å². The molecular weight excluding hydrogens is 273 g/mol. The zero-order chi connectivity index (χ0) is 15.4. The standard InChI is InChI=1S/C16H18FNO3/c1-11-4-2-3-9-18(11)16(21)13-6-5-12(14(17)10-13)7-8-15(19)20/h5-8,10-11H,2-4,9H2,1H3,(H,19,20). The van der Waals surface area contributed by atoms with Gasteiger partial charge < -0.3 is 10.0 Å². The van der Waals surface area contributed by atoms with Crippen LogP contribution in [0.2, 0.25) is 0 Å². The first-order valence-corrected chi connectivity index (χ1v) is 7.00. The highest BCUT2D eigenvalue weighted by Gasteiger charge is 2.24. The Morgan fingerprint density at radius 2 is 2.14 bits per heavy atom. The number of carbonyl (C=O) groups is 2. The van der Waals surface area contributed by atoms with E-state index in [-0.39, 0.29) is 17.5 Å². The summed E-state index contributed by atoms with van der Waals surface area (Å²) in [6.45, 7) is 2.69. The van der Waals surface area contributed by atoms with Crippen LogP contribution in [0.25, 0.3) is 6.08 Å². The third-order valence-electron chi connectivity index (χ3n) is 3.72. The van der Waals surface area contributed by atoms with Crippen molar-refractivity contribution in [1.29, 1.82) is 0 Å². The smallest absolute Gasteiger partial charge is 0.328 e. The van der Waals surface area contributed by atoms with Crippen molar-refractivity contribution in [2.45, 2.75) is 32.2 Å². The molecule has 0 spiro atoms. The maximum Gasteiger partial charge on any atom is 0.328 e. The molecule has 1 aromatic carbocycles. The van der Waals surface area contributed by atoms with E-state index >= 15 is 0 Å². The zero-order valence-electron chi connectivity index (χ0n) is 11.9. The first-order chi connectivity index (χ1) is 9.99.